The maximum Gasteiger partial charge on any atom is 0.335 e. The number of ether oxygens (including phenoxy) is 8. The molecule has 9 rings (SSSR count). The van der Waals surface area contributed by atoms with E-state index in [1.807, 2.05) is 6.92 Å². The number of aliphatic hydroxyl groups excluding tert-OH is 12. The van der Waals surface area contributed by atoms with E-state index in [1.54, 1.807) is 0 Å². The molecule has 0 aromatic heterocycles. The zero-order chi connectivity index (χ0) is 54.9. The molecule has 0 aromatic carbocycles. The van der Waals surface area contributed by atoms with E-state index >= 15 is 0 Å². The highest BCUT2D eigenvalue weighted by Crippen LogP contribution is 2.76. The molecule has 9 aliphatic rings. The van der Waals surface area contributed by atoms with Gasteiger partial charge in [0.1, 0.15) is 79.4 Å². The van der Waals surface area contributed by atoms with Gasteiger partial charge in [-0.25, -0.2) is 4.79 Å². The quantitative estimate of drug-likeness (QED) is 0.0887. The predicted octanol–water partition coefficient (Wildman–Crippen LogP) is -0.832. The average molecular weight is 1080 g/mol. The minimum atomic E-state index is -2.15. The number of allylic oxidation sites excluding steroid dienone is 2. The highest BCUT2D eigenvalue weighted by atomic mass is 16.8. The number of aliphatic carboxylic acids is 1. The average Bonchev–Trinajstić information content (AvgIpc) is 3.37. The lowest BCUT2D eigenvalue weighted by Crippen LogP contribution is -2.69. The Balaban J connectivity index is 1.02. The van der Waals surface area contributed by atoms with E-state index in [2.05, 4.69) is 47.6 Å². The normalized spacial score (nSPS) is 55.9. The Morgan fingerprint density at radius 3 is 1.95 bits per heavy atom. The fourth-order valence-corrected chi connectivity index (χ4v) is 16.3. The zero-order valence-corrected chi connectivity index (χ0v) is 44.4. The van der Waals surface area contributed by atoms with E-state index in [1.165, 1.54) is 12.5 Å². The maximum atomic E-state index is 12.7. The van der Waals surface area contributed by atoms with Crippen LogP contribution in [0.3, 0.4) is 0 Å². The number of fused-ring (bicyclic) bond motifs is 7. The van der Waals surface area contributed by atoms with Crippen molar-refractivity contribution >= 4 is 5.97 Å². The number of aliphatic hydroxyl groups is 12. The summed E-state index contributed by atoms with van der Waals surface area (Å²) in [5.74, 6) is -1.33. The predicted molar refractivity (Wildman–Crippen MR) is 257 cm³/mol. The van der Waals surface area contributed by atoms with Gasteiger partial charge in [-0.05, 0) is 104 Å². The zero-order valence-electron chi connectivity index (χ0n) is 44.4. The molecule has 4 aliphatic heterocycles. The van der Waals surface area contributed by atoms with E-state index in [4.69, 9.17) is 37.9 Å². The van der Waals surface area contributed by atoms with Crippen LogP contribution in [0.4, 0.5) is 0 Å². The van der Waals surface area contributed by atoms with Crippen LogP contribution in [0.5, 0.6) is 0 Å². The highest BCUT2D eigenvalue weighted by Gasteiger charge is 2.70. The van der Waals surface area contributed by atoms with Crippen molar-refractivity contribution in [3.05, 3.63) is 11.6 Å². The smallest absolute Gasteiger partial charge is 0.335 e. The van der Waals surface area contributed by atoms with Crippen molar-refractivity contribution in [2.75, 3.05) is 19.8 Å². The lowest BCUT2D eigenvalue weighted by molar-refractivity contribution is -0.408. The Hall–Kier alpha value is -1.59. The SMILES string of the molecule is C[C@@H]1OC(O[C@H]2C(O[C@H]3C(O[C@H]4CC[C@@]5(C)C(CC[C@]6(C)C5CC=C5C7CC(C)(C)C[C@@H](O)[C@]7(C)CC[C@]56C)[C@@]4(C)CO)O[C@H](C(=O)O)[C@@H](O)[C@@H]3O)O[C@H](CO)[C@H](O)[C@@H]2OC2OC[C@H](O)[C@H](O)[C@H]2O)[C@H](O)[C@H](O)[C@H]1O. The molecule has 22 nitrogen and oxygen atoms in total. The molecule has 29 atom stereocenters. The van der Waals surface area contributed by atoms with Crippen molar-refractivity contribution in [3.63, 3.8) is 0 Å². The molecule has 13 N–H and O–H groups in total. The Bertz CT molecular complexity index is 2080. The van der Waals surface area contributed by atoms with E-state index in [9.17, 15) is 71.2 Å². The summed E-state index contributed by atoms with van der Waals surface area (Å²) in [7, 11) is 0. The van der Waals surface area contributed by atoms with Crippen LogP contribution in [0, 0.1) is 50.2 Å². The van der Waals surface area contributed by atoms with Crippen molar-refractivity contribution in [2.24, 2.45) is 50.2 Å². The Labute approximate surface area is 437 Å². The number of carboxylic acid groups (broad SMARTS) is 1. The maximum absolute atomic E-state index is 12.7. The van der Waals surface area contributed by atoms with E-state index in [0.717, 1.165) is 44.9 Å². The third kappa shape index (κ3) is 9.40. The van der Waals surface area contributed by atoms with Gasteiger partial charge in [-0.3, -0.25) is 0 Å². The standard InChI is InChI=1S/C53H86O22/c1-22-31(58)34(61)38(65)45(69-22)75-42-39(72-44-37(64)32(59)25(56)20-68-44)33(60)26(19-54)70-47(42)74-41-36(63)35(62)40(43(66)67)73-46(41)71-30-12-13-50(5)27(51(30,6)21-55)11-14-53(8)28(50)10-9-23-24-17-48(2,3)18-29(57)49(24,4)15-16-52(23,53)7/h9,22,24-42,44-47,54-65H,10-21H2,1-8H3,(H,66,67)/t22-,24?,25-,26+,27?,28?,29+,30-,31-,32-,33-,34+,35-,36-,37+,38+,39-,40-,41+,42+,44?,45?,46?,47?,49+,50-,51+,52+,53+/m0/s1. The van der Waals surface area contributed by atoms with Crippen LogP contribution in [-0.4, -0.2) is 221 Å². The number of carbonyl (C=O) groups is 1. The molecule has 7 unspecified atom stereocenters. The first-order valence-corrected chi connectivity index (χ1v) is 27.2. The summed E-state index contributed by atoms with van der Waals surface area (Å²) in [4.78, 5) is 12.7. The lowest BCUT2D eigenvalue weighted by Gasteiger charge is -2.72. The van der Waals surface area contributed by atoms with Crippen LogP contribution in [0.25, 0.3) is 0 Å². The molecule has 0 aromatic rings. The van der Waals surface area contributed by atoms with Gasteiger partial charge in [0, 0.05) is 10.8 Å². The van der Waals surface area contributed by atoms with Crippen molar-refractivity contribution in [3.8, 4) is 0 Å². The van der Waals surface area contributed by atoms with Gasteiger partial charge in [-0.15, -0.1) is 0 Å². The summed E-state index contributed by atoms with van der Waals surface area (Å²) in [5, 5.41) is 143. The summed E-state index contributed by atoms with van der Waals surface area (Å²) >= 11 is 0. The fourth-order valence-electron chi connectivity index (χ4n) is 16.3. The third-order valence-corrected chi connectivity index (χ3v) is 21.2. The molecule has 4 heterocycles. The molecule has 5 aliphatic carbocycles. The molecular weight excluding hydrogens is 989 g/mol. The largest absolute Gasteiger partial charge is 0.479 e. The number of rotatable bonds is 11. The van der Waals surface area contributed by atoms with Crippen LogP contribution in [-0.2, 0) is 42.7 Å². The molecule has 75 heavy (non-hydrogen) atoms. The second kappa shape index (κ2) is 20.7. The molecule has 0 amide bonds. The summed E-state index contributed by atoms with van der Waals surface area (Å²) in [6.07, 6.45) is -26.4. The number of hydrogen-bond donors (Lipinski definition) is 13. The van der Waals surface area contributed by atoms with Crippen molar-refractivity contribution in [1.82, 2.24) is 0 Å². The first-order valence-electron chi connectivity index (χ1n) is 27.2. The Morgan fingerprint density at radius 1 is 0.627 bits per heavy atom. The third-order valence-electron chi connectivity index (χ3n) is 21.2. The second-order valence-corrected chi connectivity index (χ2v) is 26.0. The fraction of sp³-hybridized carbons (Fsp3) is 0.943. The van der Waals surface area contributed by atoms with Crippen LogP contribution in [0.15, 0.2) is 11.6 Å². The van der Waals surface area contributed by atoms with Gasteiger partial charge in [-0.2, -0.15) is 0 Å². The lowest BCUT2D eigenvalue weighted by atomic mass is 9.33. The first kappa shape index (κ1) is 58.1. The van der Waals surface area contributed by atoms with Crippen molar-refractivity contribution in [2.45, 2.75) is 242 Å². The van der Waals surface area contributed by atoms with Gasteiger partial charge in [0.25, 0.3) is 0 Å². The molecule has 0 radical (unpaired) electrons. The summed E-state index contributed by atoms with van der Waals surface area (Å²) in [6.45, 7) is 15.5. The minimum Gasteiger partial charge on any atom is -0.479 e. The Kier molecular flexibility index (Phi) is 16.1. The summed E-state index contributed by atoms with van der Waals surface area (Å²) in [5.41, 5.74) is -0.335. The van der Waals surface area contributed by atoms with Gasteiger partial charge >= 0.3 is 5.97 Å². The minimum absolute atomic E-state index is 0.00990. The summed E-state index contributed by atoms with van der Waals surface area (Å²) in [6, 6.07) is 0. The van der Waals surface area contributed by atoms with Crippen LogP contribution < -0.4 is 0 Å². The van der Waals surface area contributed by atoms with Crippen molar-refractivity contribution < 1.29 is 109 Å². The van der Waals surface area contributed by atoms with Gasteiger partial charge < -0.3 is 104 Å². The van der Waals surface area contributed by atoms with Gasteiger partial charge in [-0.1, -0.05) is 60.1 Å². The van der Waals surface area contributed by atoms with E-state index < -0.39 is 154 Å². The van der Waals surface area contributed by atoms with E-state index in [0.29, 0.717) is 12.8 Å². The van der Waals surface area contributed by atoms with Crippen LogP contribution in [0.1, 0.15) is 113 Å². The molecule has 430 valence electrons. The molecule has 8 fully saturated rings. The molecule has 0 bridgehead atoms. The van der Waals surface area contributed by atoms with E-state index in [-0.39, 0.29) is 51.4 Å². The van der Waals surface area contributed by atoms with Crippen LogP contribution in [0.2, 0.25) is 0 Å². The summed E-state index contributed by atoms with van der Waals surface area (Å²) < 4.78 is 48.7. The highest BCUT2D eigenvalue weighted by molar-refractivity contribution is 5.73. The van der Waals surface area contributed by atoms with Gasteiger partial charge in [0.2, 0.25) is 0 Å². The number of carboxylic acids is 1. The molecule has 0 spiro atoms. The molecule has 4 saturated heterocycles. The van der Waals surface area contributed by atoms with Gasteiger partial charge in [0.05, 0.1) is 38.1 Å². The monoisotopic (exact) mass is 1070 g/mol. The first-order chi connectivity index (χ1) is 35.0. The van der Waals surface area contributed by atoms with Crippen molar-refractivity contribution in [1.29, 1.82) is 0 Å². The molecular formula is C53H86O22. The Morgan fingerprint density at radius 2 is 1.28 bits per heavy atom. The second-order valence-electron chi connectivity index (χ2n) is 26.0. The molecule has 22 heteroatoms. The number of hydrogen-bond acceptors (Lipinski definition) is 21. The molecule has 4 saturated carbocycles. The topological polar surface area (TPSA) is 354 Å². The van der Waals surface area contributed by atoms with Gasteiger partial charge in [0.15, 0.2) is 31.3 Å². The van der Waals surface area contributed by atoms with Crippen LogP contribution >= 0.6 is 0 Å².